The molecule has 4 nitrogen and oxygen atoms in total. The van der Waals surface area contributed by atoms with Crippen molar-refractivity contribution in [3.05, 3.63) is 71.3 Å². The highest BCUT2D eigenvalue weighted by Gasteiger charge is 2.27. The van der Waals surface area contributed by atoms with Crippen LogP contribution in [-0.4, -0.2) is 23.0 Å². The summed E-state index contributed by atoms with van der Waals surface area (Å²) in [6, 6.07) is 17.8. The number of nitrogens with one attached hydrogen (secondary N) is 1. The summed E-state index contributed by atoms with van der Waals surface area (Å²) < 4.78 is 0. The maximum absolute atomic E-state index is 12.7. The third-order valence-corrected chi connectivity index (χ3v) is 4.91. The van der Waals surface area contributed by atoms with Crippen LogP contribution in [0.1, 0.15) is 47.2 Å². The van der Waals surface area contributed by atoms with Crippen molar-refractivity contribution in [3.63, 3.8) is 0 Å². The average Bonchev–Trinajstić information content (AvgIpc) is 2.63. The van der Waals surface area contributed by atoms with Crippen LogP contribution < -0.4 is 5.32 Å². The predicted molar refractivity (Wildman–Crippen MR) is 96.5 cm³/mol. The van der Waals surface area contributed by atoms with E-state index in [0.717, 1.165) is 24.8 Å². The SMILES string of the molecule is O=C(NC1CCC(C(=O)O)CC1)c1ccccc1Cc1ccccc1. The van der Waals surface area contributed by atoms with Crippen molar-refractivity contribution in [3.8, 4) is 0 Å². The maximum Gasteiger partial charge on any atom is 0.306 e. The molecule has 1 aliphatic carbocycles. The summed E-state index contributed by atoms with van der Waals surface area (Å²) in [5, 5.41) is 12.2. The molecule has 1 fully saturated rings. The van der Waals surface area contributed by atoms with Crippen molar-refractivity contribution in [2.75, 3.05) is 0 Å². The van der Waals surface area contributed by atoms with Gasteiger partial charge in [-0.3, -0.25) is 9.59 Å². The van der Waals surface area contributed by atoms with Gasteiger partial charge in [0.15, 0.2) is 0 Å². The molecule has 0 atom stereocenters. The van der Waals surface area contributed by atoms with Gasteiger partial charge in [0, 0.05) is 11.6 Å². The monoisotopic (exact) mass is 337 g/mol. The van der Waals surface area contributed by atoms with Crippen molar-refractivity contribution in [1.82, 2.24) is 5.32 Å². The molecular formula is C21H23NO3. The van der Waals surface area contributed by atoms with Gasteiger partial charge in [-0.05, 0) is 49.3 Å². The topological polar surface area (TPSA) is 66.4 Å². The van der Waals surface area contributed by atoms with Gasteiger partial charge in [-0.1, -0.05) is 48.5 Å². The molecule has 0 heterocycles. The highest BCUT2D eigenvalue weighted by Crippen LogP contribution is 2.25. The minimum Gasteiger partial charge on any atom is -0.481 e. The molecule has 4 heteroatoms. The molecule has 0 spiro atoms. The fourth-order valence-corrected chi connectivity index (χ4v) is 3.46. The van der Waals surface area contributed by atoms with Crippen LogP contribution in [0.25, 0.3) is 0 Å². The van der Waals surface area contributed by atoms with Crippen LogP contribution in [0.2, 0.25) is 0 Å². The molecule has 0 aromatic heterocycles. The number of amides is 1. The predicted octanol–water partition coefficient (Wildman–Crippen LogP) is 3.65. The summed E-state index contributed by atoms with van der Waals surface area (Å²) in [7, 11) is 0. The molecule has 25 heavy (non-hydrogen) atoms. The van der Waals surface area contributed by atoms with E-state index in [-0.39, 0.29) is 17.9 Å². The van der Waals surface area contributed by atoms with Crippen LogP contribution in [0.3, 0.4) is 0 Å². The lowest BCUT2D eigenvalue weighted by molar-refractivity contribution is -0.142. The van der Waals surface area contributed by atoms with Gasteiger partial charge in [0.2, 0.25) is 0 Å². The Bertz CT molecular complexity index is 734. The lowest BCUT2D eigenvalue weighted by atomic mass is 9.86. The van der Waals surface area contributed by atoms with E-state index in [1.165, 1.54) is 5.56 Å². The van der Waals surface area contributed by atoms with Crippen molar-refractivity contribution < 1.29 is 14.7 Å². The minimum atomic E-state index is -0.724. The summed E-state index contributed by atoms with van der Waals surface area (Å²) in [5.74, 6) is -1.05. The Morgan fingerprint density at radius 1 is 0.920 bits per heavy atom. The van der Waals surface area contributed by atoms with E-state index < -0.39 is 5.97 Å². The molecule has 0 saturated heterocycles. The molecule has 0 unspecified atom stereocenters. The number of carbonyl (C=O) groups excluding carboxylic acids is 1. The summed E-state index contributed by atoms with van der Waals surface area (Å²) in [4.78, 5) is 23.7. The Hall–Kier alpha value is -2.62. The van der Waals surface area contributed by atoms with Crippen LogP contribution in [0, 0.1) is 5.92 Å². The van der Waals surface area contributed by atoms with Crippen LogP contribution in [0.5, 0.6) is 0 Å². The number of hydrogen-bond acceptors (Lipinski definition) is 2. The van der Waals surface area contributed by atoms with Crippen molar-refractivity contribution in [2.24, 2.45) is 5.92 Å². The largest absolute Gasteiger partial charge is 0.481 e. The molecule has 0 aliphatic heterocycles. The van der Waals surface area contributed by atoms with E-state index in [2.05, 4.69) is 17.4 Å². The Kier molecular flexibility index (Phi) is 5.49. The zero-order chi connectivity index (χ0) is 17.6. The zero-order valence-electron chi connectivity index (χ0n) is 14.2. The normalized spacial score (nSPS) is 20.0. The van der Waals surface area contributed by atoms with Crippen LogP contribution in [0.15, 0.2) is 54.6 Å². The van der Waals surface area contributed by atoms with Crippen LogP contribution in [0.4, 0.5) is 0 Å². The Labute approximate surface area is 147 Å². The fourth-order valence-electron chi connectivity index (χ4n) is 3.46. The van der Waals surface area contributed by atoms with E-state index in [1.54, 1.807) is 0 Å². The molecular weight excluding hydrogens is 314 g/mol. The lowest BCUT2D eigenvalue weighted by Crippen LogP contribution is -2.39. The van der Waals surface area contributed by atoms with Gasteiger partial charge in [-0.25, -0.2) is 0 Å². The van der Waals surface area contributed by atoms with E-state index in [9.17, 15) is 9.59 Å². The number of benzene rings is 2. The highest BCUT2D eigenvalue weighted by molar-refractivity contribution is 5.96. The van der Waals surface area contributed by atoms with Gasteiger partial charge in [-0.15, -0.1) is 0 Å². The van der Waals surface area contributed by atoms with Crippen molar-refractivity contribution in [2.45, 2.75) is 38.1 Å². The van der Waals surface area contributed by atoms with Gasteiger partial charge >= 0.3 is 5.97 Å². The highest BCUT2D eigenvalue weighted by atomic mass is 16.4. The van der Waals surface area contributed by atoms with E-state index in [4.69, 9.17) is 5.11 Å². The van der Waals surface area contributed by atoms with Gasteiger partial charge in [0.1, 0.15) is 0 Å². The fraction of sp³-hybridized carbons (Fsp3) is 0.333. The molecule has 3 rings (SSSR count). The Morgan fingerprint density at radius 2 is 1.56 bits per heavy atom. The maximum atomic E-state index is 12.7. The number of hydrogen-bond donors (Lipinski definition) is 2. The summed E-state index contributed by atoms with van der Waals surface area (Å²) in [6.45, 7) is 0. The molecule has 2 aromatic rings. The second-order valence-electron chi connectivity index (χ2n) is 6.68. The Balaban J connectivity index is 1.66. The van der Waals surface area contributed by atoms with Crippen molar-refractivity contribution >= 4 is 11.9 Å². The smallest absolute Gasteiger partial charge is 0.306 e. The third-order valence-electron chi connectivity index (χ3n) is 4.91. The minimum absolute atomic E-state index is 0.0629. The molecule has 1 saturated carbocycles. The molecule has 0 radical (unpaired) electrons. The summed E-state index contributed by atoms with van der Waals surface area (Å²) in [6.07, 6.45) is 3.43. The van der Waals surface area contributed by atoms with E-state index >= 15 is 0 Å². The lowest BCUT2D eigenvalue weighted by Gasteiger charge is -2.27. The molecule has 1 aliphatic rings. The molecule has 2 N–H and O–H groups in total. The molecule has 0 bridgehead atoms. The number of aliphatic carboxylic acids is 1. The molecule has 1 amide bonds. The third kappa shape index (κ3) is 4.47. The number of carbonyl (C=O) groups is 2. The second-order valence-corrected chi connectivity index (χ2v) is 6.68. The number of rotatable bonds is 5. The quantitative estimate of drug-likeness (QED) is 0.875. The van der Waals surface area contributed by atoms with Crippen LogP contribution in [-0.2, 0) is 11.2 Å². The van der Waals surface area contributed by atoms with Crippen LogP contribution >= 0.6 is 0 Å². The first-order chi connectivity index (χ1) is 12.1. The summed E-state index contributed by atoms with van der Waals surface area (Å²) in [5.41, 5.74) is 2.88. The second kappa shape index (κ2) is 7.97. The first-order valence-electron chi connectivity index (χ1n) is 8.79. The zero-order valence-corrected chi connectivity index (χ0v) is 14.2. The van der Waals surface area contributed by atoms with E-state index in [0.29, 0.717) is 18.4 Å². The first-order valence-corrected chi connectivity index (χ1v) is 8.79. The first kappa shape index (κ1) is 17.2. The summed E-state index contributed by atoms with van der Waals surface area (Å²) >= 11 is 0. The number of carboxylic acids is 1. The number of carboxylic acid groups (broad SMARTS) is 1. The molecule has 130 valence electrons. The van der Waals surface area contributed by atoms with E-state index in [1.807, 2.05) is 42.5 Å². The standard InChI is InChI=1S/C21H23NO3/c23-20(22-18-12-10-16(11-13-18)21(24)25)19-9-5-4-8-17(19)14-15-6-2-1-3-7-15/h1-9,16,18H,10-14H2,(H,22,23)(H,24,25). The van der Waals surface area contributed by atoms with Crippen molar-refractivity contribution in [1.29, 1.82) is 0 Å². The van der Waals surface area contributed by atoms with Gasteiger partial charge in [0.25, 0.3) is 5.91 Å². The van der Waals surface area contributed by atoms with Gasteiger partial charge in [0.05, 0.1) is 5.92 Å². The van der Waals surface area contributed by atoms with Gasteiger partial charge in [-0.2, -0.15) is 0 Å². The average molecular weight is 337 g/mol. The Morgan fingerprint density at radius 3 is 2.24 bits per heavy atom. The molecule has 2 aromatic carbocycles. The van der Waals surface area contributed by atoms with Gasteiger partial charge < -0.3 is 10.4 Å².